The largest absolute Gasteiger partial charge is 0.390 e. The molecule has 5 rings (SSSR count). The number of rotatable bonds is 6. The van der Waals surface area contributed by atoms with E-state index in [4.69, 9.17) is 4.98 Å². The molecule has 172 valence electrons. The molecule has 3 heterocycles. The minimum Gasteiger partial charge on any atom is -0.390 e. The first-order valence-corrected chi connectivity index (χ1v) is 11.4. The first kappa shape index (κ1) is 22.0. The number of aliphatic hydroxyl groups excluding tert-OH is 1. The number of benzene rings is 2. The van der Waals surface area contributed by atoms with E-state index < -0.39 is 0 Å². The van der Waals surface area contributed by atoms with Crippen molar-refractivity contribution in [3.8, 4) is 22.6 Å². The molecule has 0 unspecified atom stereocenters. The number of fused-ring (bicyclic) bond motifs is 1. The van der Waals surface area contributed by atoms with Gasteiger partial charge in [0.1, 0.15) is 5.82 Å². The van der Waals surface area contributed by atoms with Gasteiger partial charge in [-0.1, -0.05) is 62.4 Å². The Hall–Kier alpha value is -3.84. The van der Waals surface area contributed by atoms with E-state index in [2.05, 4.69) is 29.9 Å². The Balaban J connectivity index is 1.43. The second kappa shape index (κ2) is 8.83. The highest BCUT2D eigenvalue weighted by Crippen LogP contribution is 2.33. The smallest absolute Gasteiger partial charge is 0.233 e. The van der Waals surface area contributed by atoms with Crippen molar-refractivity contribution in [2.75, 3.05) is 4.90 Å². The molecule has 0 radical (unpaired) electrons. The fraction of sp³-hybridized carbons (Fsp3) is 0.259. The van der Waals surface area contributed by atoms with E-state index in [9.17, 15) is 9.90 Å². The van der Waals surface area contributed by atoms with Gasteiger partial charge in [-0.3, -0.25) is 9.69 Å². The molecule has 34 heavy (non-hydrogen) atoms. The molecule has 7 nitrogen and oxygen atoms in total. The Morgan fingerprint density at radius 1 is 1.06 bits per heavy atom. The average molecular weight is 454 g/mol. The molecule has 1 amide bonds. The van der Waals surface area contributed by atoms with Gasteiger partial charge < -0.3 is 9.67 Å². The summed E-state index contributed by atoms with van der Waals surface area (Å²) in [6.45, 7) is 4.67. The highest BCUT2D eigenvalue weighted by atomic mass is 16.3. The van der Waals surface area contributed by atoms with Gasteiger partial charge in [0.05, 0.1) is 37.3 Å². The van der Waals surface area contributed by atoms with E-state index in [1.54, 1.807) is 17.4 Å². The predicted octanol–water partition coefficient (Wildman–Crippen LogP) is 4.25. The van der Waals surface area contributed by atoms with E-state index in [0.29, 0.717) is 30.5 Å². The molecular weight excluding hydrogens is 426 g/mol. The fourth-order valence-electron chi connectivity index (χ4n) is 4.46. The van der Waals surface area contributed by atoms with Crippen LogP contribution in [0.5, 0.6) is 0 Å². The summed E-state index contributed by atoms with van der Waals surface area (Å²) < 4.78 is 1.82. The van der Waals surface area contributed by atoms with E-state index in [1.165, 1.54) is 5.56 Å². The third-order valence-electron chi connectivity index (χ3n) is 6.34. The van der Waals surface area contributed by atoms with Crippen LogP contribution in [0, 0.1) is 0 Å². The van der Waals surface area contributed by atoms with Crippen molar-refractivity contribution in [1.82, 2.24) is 19.5 Å². The summed E-state index contributed by atoms with van der Waals surface area (Å²) >= 11 is 0. The molecule has 7 heteroatoms. The van der Waals surface area contributed by atoms with Crippen molar-refractivity contribution in [2.45, 2.75) is 39.3 Å². The van der Waals surface area contributed by atoms with Crippen molar-refractivity contribution in [3.05, 3.63) is 83.4 Å². The number of hydrogen-bond donors (Lipinski definition) is 1. The first-order valence-electron chi connectivity index (χ1n) is 11.4. The quantitative estimate of drug-likeness (QED) is 0.472. The van der Waals surface area contributed by atoms with Crippen LogP contribution in [-0.2, 0) is 31.4 Å². The first-order chi connectivity index (χ1) is 16.5. The van der Waals surface area contributed by atoms with Crippen LogP contribution in [0.25, 0.3) is 22.6 Å². The maximum atomic E-state index is 12.9. The predicted molar refractivity (Wildman–Crippen MR) is 131 cm³/mol. The van der Waals surface area contributed by atoms with Crippen LogP contribution >= 0.6 is 0 Å². The van der Waals surface area contributed by atoms with Gasteiger partial charge in [0.25, 0.3) is 0 Å². The molecule has 0 aliphatic carbocycles. The van der Waals surface area contributed by atoms with Crippen molar-refractivity contribution < 1.29 is 9.90 Å². The Morgan fingerprint density at radius 2 is 1.82 bits per heavy atom. The molecule has 0 saturated heterocycles. The number of carbonyl (C=O) groups is 1. The highest BCUT2D eigenvalue weighted by Gasteiger charge is 2.30. The molecule has 1 N–H and O–H groups in total. The van der Waals surface area contributed by atoms with Crippen LogP contribution in [0.15, 0.2) is 61.1 Å². The third-order valence-corrected chi connectivity index (χ3v) is 6.34. The Morgan fingerprint density at radius 3 is 2.56 bits per heavy atom. The molecule has 0 spiro atoms. The van der Waals surface area contributed by atoms with Gasteiger partial charge in [-0.2, -0.15) is 0 Å². The maximum Gasteiger partial charge on any atom is 0.233 e. The van der Waals surface area contributed by atoms with Crippen molar-refractivity contribution in [1.29, 1.82) is 0 Å². The van der Waals surface area contributed by atoms with Crippen molar-refractivity contribution in [2.24, 2.45) is 7.05 Å². The minimum absolute atomic E-state index is 0.0231. The molecule has 0 fully saturated rings. The number of anilines is 1. The molecule has 0 saturated carbocycles. The van der Waals surface area contributed by atoms with E-state index in [1.807, 2.05) is 54.1 Å². The number of aliphatic hydroxyl groups is 1. The summed E-state index contributed by atoms with van der Waals surface area (Å²) in [7, 11) is 1.86. The maximum absolute atomic E-state index is 12.9. The second-order valence-corrected chi connectivity index (χ2v) is 8.95. The fourth-order valence-corrected chi connectivity index (χ4v) is 4.46. The number of carbonyl (C=O) groups excluding carboxylic acids is 1. The normalized spacial score (nSPS) is 13.1. The summed E-state index contributed by atoms with van der Waals surface area (Å²) in [5.74, 6) is 1.69. The summed E-state index contributed by atoms with van der Waals surface area (Å²) in [6, 6.07) is 16.1. The van der Waals surface area contributed by atoms with Crippen molar-refractivity contribution in [3.63, 3.8) is 0 Å². The van der Waals surface area contributed by atoms with E-state index in [-0.39, 0.29) is 12.5 Å². The molecule has 4 aromatic rings. The minimum atomic E-state index is -0.0748. The molecule has 0 atom stereocenters. The zero-order chi connectivity index (χ0) is 23.8. The lowest BCUT2D eigenvalue weighted by Gasteiger charge is -2.18. The van der Waals surface area contributed by atoms with Gasteiger partial charge in [-0.25, -0.2) is 15.0 Å². The van der Waals surface area contributed by atoms with E-state index in [0.717, 1.165) is 33.6 Å². The number of aromatic nitrogens is 4. The van der Waals surface area contributed by atoms with Crippen LogP contribution in [0.1, 0.15) is 42.1 Å². The zero-order valence-electron chi connectivity index (χ0n) is 19.6. The van der Waals surface area contributed by atoms with Crippen LogP contribution < -0.4 is 4.90 Å². The lowest BCUT2D eigenvalue weighted by Crippen LogP contribution is -2.26. The highest BCUT2D eigenvalue weighted by molar-refractivity contribution is 6.00. The van der Waals surface area contributed by atoms with Gasteiger partial charge in [0.15, 0.2) is 5.82 Å². The van der Waals surface area contributed by atoms with E-state index >= 15 is 0 Å². The Labute approximate surface area is 198 Å². The van der Waals surface area contributed by atoms with Crippen LogP contribution in [-0.4, -0.2) is 30.5 Å². The zero-order valence-corrected chi connectivity index (χ0v) is 19.6. The number of aryl methyl sites for hydroxylation is 1. The standard InChI is InChI=1S/C27H27N5O2/c1-17(2)21-6-4-5-7-22(21)26-28-13-20-12-24(34)32(27(20)30-26)14-18-8-10-19(11-9-18)25-23(15-33)31(3)16-29-25/h4-11,13,16-17,33H,12,14-15H2,1-3H3. The number of amides is 1. The van der Waals surface area contributed by atoms with Gasteiger partial charge in [-0.15, -0.1) is 0 Å². The van der Waals surface area contributed by atoms with Gasteiger partial charge in [-0.05, 0) is 17.0 Å². The van der Waals surface area contributed by atoms with Gasteiger partial charge in [0, 0.05) is 29.9 Å². The lowest BCUT2D eigenvalue weighted by molar-refractivity contribution is -0.117. The molecule has 1 aliphatic rings. The Bertz CT molecular complexity index is 1360. The monoisotopic (exact) mass is 453 g/mol. The number of imidazole rings is 1. The Kier molecular flexibility index (Phi) is 5.71. The van der Waals surface area contributed by atoms with Gasteiger partial charge in [0.2, 0.25) is 5.91 Å². The summed E-state index contributed by atoms with van der Waals surface area (Å²) in [5, 5.41) is 9.65. The molecule has 0 bridgehead atoms. The summed E-state index contributed by atoms with van der Waals surface area (Å²) in [6.07, 6.45) is 3.80. The SMILES string of the molecule is CC(C)c1ccccc1-c1ncc2c(n1)N(Cc1ccc(-c3ncn(C)c3CO)cc1)C(=O)C2. The molecule has 2 aromatic heterocycles. The number of hydrogen-bond acceptors (Lipinski definition) is 5. The number of nitrogens with zero attached hydrogens (tertiary/aromatic N) is 5. The summed E-state index contributed by atoms with van der Waals surface area (Å²) in [5.41, 5.74) is 6.49. The lowest BCUT2D eigenvalue weighted by atomic mass is 9.97. The second-order valence-electron chi connectivity index (χ2n) is 8.95. The average Bonchev–Trinajstić information content (AvgIpc) is 3.38. The van der Waals surface area contributed by atoms with Crippen LogP contribution in [0.3, 0.4) is 0 Å². The van der Waals surface area contributed by atoms with Gasteiger partial charge >= 0.3 is 0 Å². The molecule has 2 aromatic carbocycles. The third kappa shape index (κ3) is 3.88. The van der Waals surface area contributed by atoms with Crippen LogP contribution in [0.4, 0.5) is 5.82 Å². The summed E-state index contributed by atoms with van der Waals surface area (Å²) in [4.78, 5) is 28.4. The topological polar surface area (TPSA) is 84.1 Å². The molecular formula is C27H27N5O2. The van der Waals surface area contributed by atoms with Crippen LogP contribution in [0.2, 0.25) is 0 Å². The molecule has 1 aliphatic heterocycles. The van der Waals surface area contributed by atoms with Crippen molar-refractivity contribution >= 4 is 11.7 Å².